The molecule has 6 N–H and O–H groups in total. The molecule has 0 radical (unpaired) electrons. The van der Waals surface area contributed by atoms with Crippen LogP contribution in [-0.2, 0) is 26.0 Å². The molecule has 0 saturated carbocycles. The van der Waals surface area contributed by atoms with Crippen LogP contribution in [-0.4, -0.2) is 79.4 Å². The van der Waals surface area contributed by atoms with Gasteiger partial charge in [0, 0.05) is 17.1 Å². The highest BCUT2D eigenvalue weighted by molar-refractivity contribution is 7.89. The number of sulfonamides is 1. The second kappa shape index (κ2) is 11.4. The van der Waals surface area contributed by atoms with Crippen molar-refractivity contribution < 1.29 is 28.2 Å². The third-order valence-corrected chi connectivity index (χ3v) is 6.98. The zero-order valence-corrected chi connectivity index (χ0v) is 19.2. The highest BCUT2D eigenvalue weighted by Gasteiger charge is 2.21. The minimum atomic E-state index is -3.16. The molecule has 1 aliphatic heterocycles. The lowest BCUT2D eigenvalue weighted by Crippen LogP contribution is -2.32. The predicted octanol–water partition coefficient (Wildman–Crippen LogP) is 0.942. The van der Waals surface area contributed by atoms with Gasteiger partial charge in [0.1, 0.15) is 6.04 Å². The van der Waals surface area contributed by atoms with Crippen LogP contribution in [0.2, 0.25) is 0 Å². The number of nitrogens with zero attached hydrogens (tertiary/aromatic N) is 1. The second-order valence-electron chi connectivity index (χ2n) is 8.02. The van der Waals surface area contributed by atoms with E-state index in [9.17, 15) is 18.0 Å². The predicted molar refractivity (Wildman–Crippen MR) is 122 cm³/mol. The Morgan fingerprint density at radius 1 is 1.28 bits per heavy atom. The van der Waals surface area contributed by atoms with Crippen molar-refractivity contribution in [1.82, 2.24) is 14.6 Å². The Morgan fingerprint density at radius 2 is 1.94 bits per heavy atom. The summed E-state index contributed by atoms with van der Waals surface area (Å²) < 4.78 is 25.6. The highest BCUT2D eigenvalue weighted by Crippen LogP contribution is 2.33. The van der Waals surface area contributed by atoms with E-state index in [0.717, 1.165) is 24.2 Å². The Hall–Kier alpha value is -2.47. The van der Waals surface area contributed by atoms with Gasteiger partial charge in [-0.3, -0.25) is 9.59 Å². The molecular formula is C21H32N4O6S. The van der Waals surface area contributed by atoms with Crippen molar-refractivity contribution in [2.75, 3.05) is 32.9 Å². The van der Waals surface area contributed by atoms with E-state index in [2.05, 4.69) is 40.0 Å². The molecule has 0 amide bonds. The van der Waals surface area contributed by atoms with Crippen molar-refractivity contribution in [3.05, 3.63) is 35.5 Å². The molecule has 1 aromatic heterocycles. The van der Waals surface area contributed by atoms with Gasteiger partial charge in [0.15, 0.2) is 0 Å². The first-order valence-corrected chi connectivity index (χ1v) is 12.1. The smallest absolute Gasteiger partial charge is 0.321 e. The van der Waals surface area contributed by atoms with Crippen molar-refractivity contribution in [3.8, 4) is 0 Å². The fraction of sp³-hybridized carbons (Fsp3) is 0.524. The number of aromatic amines is 1. The number of benzene rings is 1. The van der Waals surface area contributed by atoms with Crippen molar-refractivity contribution >= 4 is 32.9 Å². The van der Waals surface area contributed by atoms with Gasteiger partial charge in [-0.05, 0) is 75.6 Å². The monoisotopic (exact) mass is 468 g/mol. The second-order valence-corrected chi connectivity index (χ2v) is 10.1. The molecule has 32 heavy (non-hydrogen) atoms. The molecule has 2 heterocycles. The van der Waals surface area contributed by atoms with Crippen LogP contribution in [0, 0.1) is 0 Å². The van der Waals surface area contributed by atoms with Crippen molar-refractivity contribution in [2.45, 2.75) is 37.6 Å². The third kappa shape index (κ3) is 7.59. The minimum Gasteiger partial charge on any atom is -0.481 e. The van der Waals surface area contributed by atoms with Gasteiger partial charge in [-0.2, -0.15) is 0 Å². The number of likely N-dealkylation sites (tertiary alicyclic amines) is 1. The Kier molecular flexibility index (Phi) is 9.20. The molecule has 1 saturated heterocycles. The summed E-state index contributed by atoms with van der Waals surface area (Å²) in [6.07, 6.45) is 4.50. The molecule has 1 aliphatic rings. The Balaban J connectivity index is 0.000000344. The molecular weight excluding hydrogens is 436 g/mol. The number of nitrogens with one attached hydrogen (secondary N) is 2. The van der Waals surface area contributed by atoms with Crippen LogP contribution in [0.5, 0.6) is 0 Å². The minimum absolute atomic E-state index is 0.128. The maximum Gasteiger partial charge on any atom is 0.321 e. The van der Waals surface area contributed by atoms with E-state index in [1.807, 2.05) is 6.07 Å². The average Bonchev–Trinajstić information content (AvgIpc) is 3.16. The summed E-state index contributed by atoms with van der Waals surface area (Å²) in [4.78, 5) is 25.4. The summed E-state index contributed by atoms with van der Waals surface area (Å²) >= 11 is 0. The van der Waals surface area contributed by atoms with Crippen LogP contribution in [0.25, 0.3) is 10.9 Å². The van der Waals surface area contributed by atoms with Gasteiger partial charge in [0.05, 0.1) is 12.2 Å². The Morgan fingerprint density at radius 3 is 2.47 bits per heavy atom. The normalized spacial score (nSPS) is 16.3. The van der Waals surface area contributed by atoms with E-state index < -0.39 is 34.4 Å². The number of carboxylic acids is 2. The van der Waals surface area contributed by atoms with Gasteiger partial charge in [-0.25, -0.2) is 13.1 Å². The molecule has 1 aromatic carbocycles. The number of carboxylic acid groups (broad SMARTS) is 2. The molecule has 1 unspecified atom stereocenters. The summed E-state index contributed by atoms with van der Waals surface area (Å²) in [5.74, 6) is -1.78. The fourth-order valence-electron chi connectivity index (χ4n) is 3.63. The van der Waals surface area contributed by atoms with Crippen LogP contribution in [0.3, 0.4) is 0 Å². The molecule has 10 nitrogen and oxygen atoms in total. The maximum absolute atomic E-state index is 11.6. The van der Waals surface area contributed by atoms with Crippen molar-refractivity contribution in [1.29, 1.82) is 0 Å². The van der Waals surface area contributed by atoms with Crippen molar-refractivity contribution in [2.24, 2.45) is 5.73 Å². The van der Waals surface area contributed by atoms with Gasteiger partial charge < -0.3 is 25.8 Å². The Bertz CT molecular complexity index is 1030. The summed E-state index contributed by atoms with van der Waals surface area (Å²) in [6, 6.07) is 4.95. The summed E-state index contributed by atoms with van der Waals surface area (Å²) in [5.41, 5.74) is 8.43. The van der Waals surface area contributed by atoms with Crippen LogP contribution >= 0.6 is 0 Å². The number of hydrogen-bond donors (Lipinski definition) is 5. The van der Waals surface area contributed by atoms with Gasteiger partial charge in [0.25, 0.3) is 0 Å². The van der Waals surface area contributed by atoms with Gasteiger partial charge in [-0.1, -0.05) is 6.07 Å². The number of carbonyl (C=O) groups is 2. The zero-order valence-electron chi connectivity index (χ0n) is 18.4. The van der Waals surface area contributed by atoms with Crippen molar-refractivity contribution in [3.63, 3.8) is 0 Å². The molecule has 2 aromatic rings. The number of nitrogens with two attached hydrogens (primary N) is 1. The summed E-state index contributed by atoms with van der Waals surface area (Å²) in [5, 5.41) is 17.3. The average molecular weight is 469 g/mol. The van der Waals surface area contributed by atoms with Crippen LogP contribution < -0.4 is 10.5 Å². The first-order valence-electron chi connectivity index (χ1n) is 10.4. The van der Waals surface area contributed by atoms with E-state index in [4.69, 9.17) is 15.9 Å². The molecule has 1 fully saturated rings. The largest absolute Gasteiger partial charge is 0.481 e. The Labute approximate surface area is 187 Å². The number of fused-ring (bicyclic) bond motifs is 1. The van der Waals surface area contributed by atoms with E-state index in [1.165, 1.54) is 30.8 Å². The van der Waals surface area contributed by atoms with Gasteiger partial charge >= 0.3 is 11.9 Å². The first kappa shape index (κ1) is 25.8. The zero-order chi connectivity index (χ0) is 23.9. The number of H-pyrrole nitrogens is 1. The number of aromatic nitrogens is 1. The SMILES string of the molecule is CNS(=O)(=O)CCc1ccc2[nH]cc(C3CCN(C)CC3)c2c1.NC(CC(=O)O)C(=O)O. The third-order valence-electron chi connectivity index (χ3n) is 5.62. The van der Waals surface area contributed by atoms with Crippen LogP contribution in [0.4, 0.5) is 0 Å². The van der Waals surface area contributed by atoms with E-state index in [0.29, 0.717) is 12.3 Å². The fourth-order valence-corrected chi connectivity index (χ4v) is 4.34. The molecule has 0 bridgehead atoms. The van der Waals surface area contributed by atoms with Gasteiger partial charge in [-0.15, -0.1) is 0 Å². The molecule has 3 rings (SSSR count). The lowest BCUT2D eigenvalue weighted by molar-refractivity contribution is -0.144. The number of rotatable bonds is 8. The van der Waals surface area contributed by atoms with E-state index in [-0.39, 0.29) is 5.75 Å². The summed E-state index contributed by atoms with van der Waals surface area (Å²) in [7, 11) is 0.476. The van der Waals surface area contributed by atoms with Crippen LogP contribution in [0.1, 0.15) is 36.3 Å². The van der Waals surface area contributed by atoms with Gasteiger partial charge in [0.2, 0.25) is 10.0 Å². The molecule has 0 spiro atoms. The maximum atomic E-state index is 11.6. The number of aryl methyl sites for hydroxylation is 1. The lowest BCUT2D eigenvalue weighted by atomic mass is 9.89. The first-order chi connectivity index (χ1) is 15.0. The topological polar surface area (TPSA) is 166 Å². The molecule has 11 heteroatoms. The number of piperidine rings is 1. The molecule has 1 atom stereocenters. The summed E-state index contributed by atoms with van der Waals surface area (Å²) in [6.45, 7) is 2.27. The van der Waals surface area contributed by atoms with Crippen LogP contribution in [0.15, 0.2) is 24.4 Å². The standard InChI is InChI=1S/C17H25N3O2S.C4H7NO4/c1-18-23(21,22)10-7-13-3-4-17-15(11-13)16(12-19-17)14-5-8-20(2)9-6-14;5-2(4(8)9)1-3(6)7/h3-4,11-12,14,18-19H,5-10H2,1-2H3;2H,1,5H2,(H,6,7)(H,8,9). The highest BCUT2D eigenvalue weighted by atomic mass is 32.2. The number of aliphatic carboxylic acids is 2. The quantitative estimate of drug-likeness (QED) is 0.382. The van der Waals surface area contributed by atoms with E-state index >= 15 is 0 Å². The lowest BCUT2D eigenvalue weighted by Gasteiger charge is -2.28. The molecule has 0 aliphatic carbocycles. The van der Waals surface area contributed by atoms with E-state index in [1.54, 1.807) is 0 Å². The number of hydrogen-bond acceptors (Lipinski definition) is 6. The molecule has 178 valence electrons.